The van der Waals surface area contributed by atoms with Gasteiger partial charge in [-0.25, -0.2) is 0 Å². The van der Waals surface area contributed by atoms with Gasteiger partial charge in [-0.3, -0.25) is 0 Å². The van der Waals surface area contributed by atoms with Crippen LogP contribution in [0, 0.1) is 5.92 Å². The van der Waals surface area contributed by atoms with Crippen molar-refractivity contribution in [2.45, 2.75) is 68.1 Å². The Kier molecular flexibility index (Phi) is 2.30. The summed E-state index contributed by atoms with van der Waals surface area (Å²) in [7, 11) is 0. The van der Waals surface area contributed by atoms with Gasteiger partial charge in [-0.2, -0.15) is 0 Å². The third-order valence-electron chi connectivity index (χ3n) is 16.5. The molecule has 208 valence electrons. The van der Waals surface area contributed by atoms with Crippen LogP contribution < -0.4 is 0 Å². The first-order valence-corrected chi connectivity index (χ1v) is 18.3. The summed E-state index contributed by atoms with van der Waals surface area (Å²) in [4.78, 5) is 0. The normalized spacial score (nSPS) is 33.3. The molecule has 0 spiro atoms. The molecule has 46 heavy (non-hydrogen) atoms. The number of benzene rings is 4. The van der Waals surface area contributed by atoms with E-state index in [4.69, 9.17) is 0 Å². The Morgan fingerprint density at radius 3 is 2.61 bits per heavy atom. The van der Waals surface area contributed by atoms with Gasteiger partial charge in [0.25, 0.3) is 0 Å². The van der Waals surface area contributed by atoms with Crippen molar-refractivity contribution in [3.05, 3.63) is 136 Å². The minimum absolute atomic E-state index is 0.464. The molecule has 6 atom stereocenters. The molecular formula is C46H24. The van der Waals surface area contributed by atoms with Crippen LogP contribution in [0.25, 0.3) is 55.8 Å². The Balaban J connectivity index is 1.23. The molecule has 18 rings (SSSR count). The summed E-state index contributed by atoms with van der Waals surface area (Å²) >= 11 is 0. The van der Waals surface area contributed by atoms with Crippen LogP contribution in [0.1, 0.15) is 128 Å². The number of allylic oxidation sites excluding steroid dienone is 11. The van der Waals surface area contributed by atoms with Gasteiger partial charge in [0.1, 0.15) is 0 Å². The van der Waals surface area contributed by atoms with Crippen LogP contribution >= 0.6 is 0 Å². The third-order valence-corrected chi connectivity index (χ3v) is 16.5. The van der Waals surface area contributed by atoms with Gasteiger partial charge in [0, 0.05) is 29.6 Å². The van der Waals surface area contributed by atoms with E-state index in [1.165, 1.54) is 32.1 Å². The molecule has 0 radical (unpaired) electrons. The van der Waals surface area contributed by atoms with Crippen molar-refractivity contribution < 1.29 is 0 Å². The molecule has 4 aromatic rings. The molecule has 0 heteroatoms. The van der Waals surface area contributed by atoms with Gasteiger partial charge in [-0.05, 0) is 189 Å². The van der Waals surface area contributed by atoms with Crippen molar-refractivity contribution >= 4 is 33.6 Å². The molecule has 0 heterocycles. The lowest BCUT2D eigenvalue weighted by Gasteiger charge is -2.43. The van der Waals surface area contributed by atoms with Gasteiger partial charge in [-0.15, -0.1) is 0 Å². The fourth-order valence-corrected chi connectivity index (χ4v) is 15.8. The Morgan fingerprint density at radius 2 is 1.61 bits per heavy atom. The summed E-state index contributed by atoms with van der Waals surface area (Å²) in [6.07, 6.45) is 15.4. The molecule has 4 aromatic carbocycles. The van der Waals surface area contributed by atoms with Gasteiger partial charge in [0.15, 0.2) is 0 Å². The summed E-state index contributed by atoms with van der Waals surface area (Å²) in [5, 5.41) is 3.51. The van der Waals surface area contributed by atoms with Crippen LogP contribution in [0.2, 0.25) is 0 Å². The van der Waals surface area contributed by atoms with Crippen LogP contribution in [0.15, 0.2) is 63.8 Å². The molecule has 0 fully saturated rings. The molecule has 0 bridgehead atoms. The fourth-order valence-electron chi connectivity index (χ4n) is 15.8. The van der Waals surface area contributed by atoms with E-state index in [1.807, 2.05) is 39.0 Å². The highest BCUT2D eigenvalue weighted by Crippen LogP contribution is 2.81. The van der Waals surface area contributed by atoms with Crippen molar-refractivity contribution in [3.8, 4) is 22.3 Å². The summed E-state index contributed by atoms with van der Waals surface area (Å²) in [6.45, 7) is 0. The number of rotatable bonds is 0. The first-order chi connectivity index (χ1) is 22.9. The van der Waals surface area contributed by atoms with Crippen molar-refractivity contribution in [2.75, 3.05) is 0 Å². The lowest BCUT2D eigenvalue weighted by Crippen LogP contribution is -2.28. The standard InChI is InChI=1S/C46H24/c1-5-19-20-6-2-15-11-18-12-16-4-8-22-21-7-3-14-10-17-9-13(1)23-29(19)37-38-30(20)24(15)35-28(18)36-26(16)32(22)40-39-31(21)25(14)34-27(17)33(23)41(37)45(42(34)39)46(43(35)38)44(36)40/h1-3,6-7,10,18-19,21,33,40,42H,4-5,8-9,11-12H2. The molecule has 14 aliphatic rings. The zero-order valence-corrected chi connectivity index (χ0v) is 25.2. The topological polar surface area (TPSA) is 0 Å². The zero-order valence-electron chi connectivity index (χ0n) is 25.2. The second kappa shape index (κ2) is 5.29. The molecule has 0 aromatic heterocycles. The second-order valence-corrected chi connectivity index (χ2v) is 17.3. The first-order valence-electron chi connectivity index (χ1n) is 18.3. The Morgan fingerprint density at radius 1 is 0.630 bits per heavy atom. The maximum atomic E-state index is 2.71. The van der Waals surface area contributed by atoms with Gasteiger partial charge in [-0.1, -0.05) is 47.6 Å². The maximum Gasteiger partial charge on any atom is 0.0361 e. The van der Waals surface area contributed by atoms with Gasteiger partial charge < -0.3 is 0 Å². The minimum atomic E-state index is 0.464. The molecule has 0 nitrogen and oxygen atoms in total. The van der Waals surface area contributed by atoms with Crippen molar-refractivity contribution in [3.63, 3.8) is 0 Å². The van der Waals surface area contributed by atoms with Gasteiger partial charge in [0.05, 0.1) is 0 Å². The summed E-state index contributed by atoms with van der Waals surface area (Å²) in [5.41, 5.74) is 45.7. The number of hydrogen-bond acceptors (Lipinski definition) is 0. The molecule has 0 saturated carbocycles. The van der Waals surface area contributed by atoms with E-state index in [0.717, 1.165) is 6.42 Å². The molecule has 0 amide bonds. The zero-order chi connectivity index (χ0) is 28.1. The van der Waals surface area contributed by atoms with Crippen molar-refractivity contribution in [2.24, 2.45) is 5.92 Å². The van der Waals surface area contributed by atoms with Crippen molar-refractivity contribution in [1.82, 2.24) is 0 Å². The third kappa shape index (κ3) is 1.42. The van der Waals surface area contributed by atoms with Crippen LogP contribution in [0.3, 0.4) is 0 Å². The molecular weight excluding hydrogens is 553 g/mol. The Labute approximate surface area is 265 Å². The molecule has 6 unspecified atom stereocenters. The largest absolute Gasteiger partial charge is 0.0797 e. The molecule has 0 aliphatic heterocycles. The monoisotopic (exact) mass is 576 g/mol. The highest BCUT2D eigenvalue weighted by atomic mass is 14.7. The van der Waals surface area contributed by atoms with E-state index in [2.05, 4.69) is 36.4 Å². The SMILES string of the molecule is C1=CC2C3=C4C5=C(CC3)CC3Cc6ccc7c8c6-c6c3c5c3c5c9c%10c(c-8c65)C5=C6C(=CCC57)Cc5cc1c1c(c5C6%10)C9C(=C12)C43. The lowest BCUT2D eigenvalue weighted by atomic mass is 9.59. The molecule has 0 saturated heterocycles. The average molecular weight is 577 g/mol. The smallest absolute Gasteiger partial charge is 0.0361 e. The van der Waals surface area contributed by atoms with E-state index in [9.17, 15) is 0 Å². The highest BCUT2D eigenvalue weighted by molar-refractivity contribution is 6.29. The summed E-state index contributed by atoms with van der Waals surface area (Å²) < 4.78 is 0. The van der Waals surface area contributed by atoms with Gasteiger partial charge >= 0.3 is 0 Å². The predicted octanol–water partition coefficient (Wildman–Crippen LogP) is 10.2. The quantitative estimate of drug-likeness (QED) is 0.172. The second-order valence-electron chi connectivity index (χ2n) is 17.3. The van der Waals surface area contributed by atoms with Crippen LogP contribution in [0.5, 0.6) is 0 Å². The van der Waals surface area contributed by atoms with E-state index in [-0.39, 0.29) is 0 Å². The highest BCUT2D eigenvalue weighted by Gasteiger charge is 2.63. The van der Waals surface area contributed by atoms with E-state index in [1.54, 1.807) is 117 Å². The minimum Gasteiger partial charge on any atom is -0.0797 e. The van der Waals surface area contributed by atoms with Crippen LogP contribution in [-0.2, 0) is 12.8 Å². The van der Waals surface area contributed by atoms with E-state index >= 15 is 0 Å². The number of hydrogen-bond donors (Lipinski definition) is 0. The van der Waals surface area contributed by atoms with Crippen LogP contribution in [-0.4, -0.2) is 0 Å². The van der Waals surface area contributed by atoms with Gasteiger partial charge in [0.2, 0.25) is 0 Å². The fraction of sp³-hybridized carbons (Fsp3) is 0.261. The van der Waals surface area contributed by atoms with E-state index < -0.39 is 0 Å². The van der Waals surface area contributed by atoms with E-state index in [0.29, 0.717) is 35.5 Å². The maximum absolute atomic E-state index is 2.71. The summed E-state index contributed by atoms with van der Waals surface area (Å²) in [5.74, 6) is 3.15. The summed E-state index contributed by atoms with van der Waals surface area (Å²) in [6, 6.07) is 7.93. The number of fused-ring (bicyclic) bond motifs is 2. The molecule has 14 aliphatic carbocycles. The Hall–Kier alpha value is -4.42. The predicted molar refractivity (Wildman–Crippen MR) is 181 cm³/mol. The van der Waals surface area contributed by atoms with Crippen molar-refractivity contribution in [1.29, 1.82) is 0 Å². The molecule has 0 N–H and O–H groups in total. The van der Waals surface area contributed by atoms with Crippen LogP contribution in [0.4, 0.5) is 0 Å². The average Bonchev–Trinajstić information content (AvgIpc) is 3.83. The lowest BCUT2D eigenvalue weighted by molar-refractivity contribution is 0.630. The Bertz CT molecular complexity index is 2910. The first kappa shape index (κ1) is 20.0.